The van der Waals surface area contributed by atoms with Crippen molar-refractivity contribution >= 4 is 0 Å². The van der Waals surface area contributed by atoms with Gasteiger partial charge in [-0.2, -0.15) is 0 Å². The van der Waals surface area contributed by atoms with E-state index in [0.717, 1.165) is 63.4 Å². The van der Waals surface area contributed by atoms with Crippen LogP contribution in [0.3, 0.4) is 0 Å². The highest BCUT2D eigenvalue weighted by molar-refractivity contribution is 5.81. The molecule has 2 aromatic heterocycles. The third kappa shape index (κ3) is 5.24. The summed E-state index contributed by atoms with van der Waals surface area (Å²) in [5.74, 6) is 1.62. The minimum atomic E-state index is -0.849. The smallest absolute Gasteiger partial charge is 0.184 e. The van der Waals surface area contributed by atoms with Crippen molar-refractivity contribution in [2.75, 3.05) is 0 Å². The number of aromatic nitrogens is 6. The zero-order valence-electron chi connectivity index (χ0n) is 26.5. The van der Waals surface area contributed by atoms with Crippen molar-refractivity contribution in [3.05, 3.63) is 173 Å². The van der Waals surface area contributed by atoms with Gasteiger partial charge in [0.1, 0.15) is 11.4 Å². The average Bonchev–Trinajstić information content (AvgIpc) is 3.75. The number of hydrogen-bond acceptors (Lipinski definition) is 5. The molecular weight excluding hydrogens is 580 g/mol. The summed E-state index contributed by atoms with van der Waals surface area (Å²) >= 11 is 0. The molecule has 0 saturated carbocycles. The molecule has 7 nitrogen and oxygen atoms in total. The van der Waals surface area contributed by atoms with E-state index in [0.29, 0.717) is 11.5 Å². The minimum absolute atomic E-state index is 0.0772. The Labute approximate surface area is 274 Å². The van der Waals surface area contributed by atoms with Gasteiger partial charge in [-0.1, -0.05) is 134 Å². The molecule has 0 spiro atoms. The average molecular weight is 617 g/mol. The normalized spacial score (nSPS) is 11.6. The Morgan fingerprint density at radius 3 is 1.72 bits per heavy atom. The molecule has 7 heteroatoms. The number of rotatable bonds is 10. The molecule has 5 aromatic carbocycles. The van der Waals surface area contributed by atoms with E-state index in [9.17, 15) is 5.11 Å². The summed E-state index contributed by atoms with van der Waals surface area (Å²) in [5, 5.41) is 23.7. The highest BCUT2D eigenvalue weighted by Gasteiger charge is 2.42. The number of hydrogen-bond donors (Lipinski definition) is 1. The van der Waals surface area contributed by atoms with E-state index in [4.69, 9.17) is 15.3 Å². The number of aliphatic hydroxyl groups excluding tert-OH is 1. The Kier molecular flexibility index (Phi) is 8.29. The largest absolute Gasteiger partial charge is 0.390 e. The van der Waals surface area contributed by atoms with Gasteiger partial charge in [-0.15, -0.1) is 5.10 Å². The second-order valence-electron chi connectivity index (χ2n) is 11.6. The third-order valence-electron chi connectivity index (χ3n) is 8.86. The SMILES string of the molecule is CCCc1nc(CO)c(C)n1-c1ccc(-c2ccccc2-c2nnnn2C(c2ccccc2)(c2ccccc2)c2ccccc2)cc1. The first-order valence-electron chi connectivity index (χ1n) is 16.0. The molecule has 7 aromatic rings. The predicted molar refractivity (Wildman–Crippen MR) is 185 cm³/mol. The molecule has 0 atom stereocenters. The fourth-order valence-electron chi connectivity index (χ4n) is 6.70. The van der Waals surface area contributed by atoms with Crippen LogP contribution in [0.2, 0.25) is 0 Å². The van der Waals surface area contributed by atoms with Crippen LogP contribution in [0, 0.1) is 6.92 Å². The van der Waals surface area contributed by atoms with Crippen molar-refractivity contribution in [1.29, 1.82) is 0 Å². The van der Waals surface area contributed by atoms with Crippen LogP contribution in [0.5, 0.6) is 0 Å². The summed E-state index contributed by atoms with van der Waals surface area (Å²) in [6, 6.07) is 48.1. The summed E-state index contributed by atoms with van der Waals surface area (Å²) in [6.45, 7) is 4.08. The van der Waals surface area contributed by atoms with Crippen LogP contribution in [-0.2, 0) is 18.6 Å². The summed E-state index contributed by atoms with van der Waals surface area (Å²) in [4.78, 5) is 4.72. The topological polar surface area (TPSA) is 81.7 Å². The van der Waals surface area contributed by atoms with Crippen LogP contribution in [0.25, 0.3) is 28.2 Å². The summed E-state index contributed by atoms with van der Waals surface area (Å²) in [5.41, 5.74) is 7.97. The first kappa shape index (κ1) is 30.0. The van der Waals surface area contributed by atoms with Gasteiger partial charge in [-0.3, -0.25) is 0 Å². The van der Waals surface area contributed by atoms with Crippen LogP contribution >= 0.6 is 0 Å². The number of nitrogens with zero attached hydrogens (tertiary/aromatic N) is 6. The van der Waals surface area contributed by atoms with Gasteiger partial charge in [0.2, 0.25) is 0 Å². The van der Waals surface area contributed by atoms with Gasteiger partial charge < -0.3 is 9.67 Å². The van der Waals surface area contributed by atoms with Gasteiger partial charge in [0.05, 0.1) is 12.3 Å². The molecule has 0 amide bonds. The van der Waals surface area contributed by atoms with Gasteiger partial charge in [0, 0.05) is 23.4 Å². The Hall–Kier alpha value is -5.66. The molecule has 47 heavy (non-hydrogen) atoms. The molecular formula is C40H36N6O. The maximum atomic E-state index is 9.89. The lowest BCUT2D eigenvalue weighted by Gasteiger charge is -2.36. The van der Waals surface area contributed by atoms with Gasteiger partial charge in [-0.05, 0) is 63.7 Å². The molecule has 232 valence electrons. The number of aliphatic hydroxyl groups is 1. The highest BCUT2D eigenvalue weighted by atomic mass is 16.3. The molecule has 0 aliphatic rings. The maximum absolute atomic E-state index is 9.89. The number of imidazole rings is 1. The lowest BCUT2D eigenvalue weighted by Crippen LogP contribution is -2.39. The standard InChI is InChI=1S/C40H36N6O/c1-3-15-38-41-37(28-47)29(2)45(38)34-26-24-30(25-27-34)35-22-13-14-23-36(35)39-42-43-44-46(39)40(31-16-7-4-8-17-31,32-18-9-5-10-19-32)33-20-11-6-12-21-33/h4-14,16-27,47H,3,15,28H2,1-2H3. The molecule has 0 fully saturated rings. The number of benzene rings is 5. The molecule has 0 bridgehead atoms. The maximum Gasteiger partial charge on any atom is 0.184 e. The van der Waals surface area contributed by atoms with Crippen LogP contribution < -0.4 is 0 Å². The molecule has 7 rings (SSSR count). The number of tetrazole rings is 1. The summed E-state index contributed by atoms with van der Waals surface area (Å²) < 4.78 is 4.13. The molecule has 0 aliphatic heterocycles. The van der Waals surface area contributed by atoms with Crippen LogP contribution in [0.1, 0.15) is 47.2 Å². The second-order valence-corrected chi connectivity index (χ2v) is 11.6. The van der Waals surface area contributed by atoms with Crippen LogP contribution in [0.4, 0.5) is 0 Å². The molecule has 0 aliphatic carbocycles. The first-order valence-corrected chi connectivity index (χ1v) is 16.0. The lowest BCUT2D eigenvalue weighted by atomic mass is 9.77. The Morgan fingerprint density at radius 2 is 1.19 bits per heavy atom. The molecule has 1 N–H and O–H groups in total. The van der Waals surface area contributed by atoms with Crippen molar-refractivity contribution < 1.29 is 5.11 Å². The van der Waals surface area contributed by atoms with E-state index < -0.39 is 5.54 Å². The van der Waals surface area contributed by atoms with Crippen molar-refractivity contribution in [3.8, 4) is 28.2 Å². The zero-order valence-corrected chi connectivity index (χ0v) is 26.5. The van der Waals surface area contributed by atoms with Crippen LogP contribution in [0.15, 0.2) is 140 Å². The minimum Gasteiger partial charge on any atom is -0.390 e. The quantitative estimate of drug-likeness (QED) is 0.159. The van der Waals surface area contributed by atoms with E-state index in [1.807, 2.05) is 41.9 Å². The Morgan fingerprint density at radius 1 is 0.660 bits per heavy atom. The molecule has 0 radical (unpaired) electrons. The zero-order chi connectivity index (χ0) is 32.2. The third-order valence-corrected chi connectivity index (χ3v) is 8.86. The highest BCUT2D eigenvalue weighted by Crippen LogP contribution is 2.43. The van der Waals surface area contributed by atoms with Gasteiger partial charge in [0.15, 0.2) is 5.82 Å². The predicted octanol–water partition coefficient (Wildman–Crippen LogP) is 7.79. The van der Waals surface area contributed by atoms with E-state index in [-0.39, 0.29) is 6.61 Å². The fraction of sp³-hybridized carbons (Fsp3) is 0.150. The van der Waals surface area contributed by atoms with Crippen molar-refractivity contribution in [1.82, 2.24) is 29.8 Å². The van der Waals surface area contributed by atoms with Gasteiger partial charge in [-0.25, -0.2) is 9.67 Å². The second kappa shape index (κ2) is 13.0. The van der Waals surface area contributed by atoms with E-state index >= 15 is 0 Å². The molecule has 0 saturated heterocycles. The summed E-state index contributed by atoms with van der Waals surface area (Å²) in [7, 11) is 0. The van der Waals surface area contributed by atoms with Gasteiger partial charge >= 0.3 is 0 Å². The van der Waals surface area contributed by atoms with Gasteiger partial charge in [0.25, 0.3) is 0 Å². The van der Waals surface area contributed by atoms with E-state index in [2.05, 4.69) is 126 Å². The Bertz CT molecular complexity index is 1990. The molecule has 2 heterocycles. The molecule has 0 unspecified atom stereocenters. The monoisotopic (exact) mass is 616 g/mol. The van der Waals surface area contributed by atoms with Crippen molar-refractivity contribution in [2.45, 2.75) is 38.8 Å². The fourth-order valence-corrected chi connectivity index (χ4v) is 6.70. The van der Waals surface area contributed by atoms with Crippen molar-refractivity contribution in [3.63, 3.8) is 0 Å². The summed E-state index contributed by atoms with van der Waals surface area (Å²) in [6.07, 6.45) is 1.80. The van der Waals surface area contributed by atoms with E-state index in [1.54, 1.807) is 0 Å². The van der Waals surface area contributed by atoms with Crippen LogP contribution in [-0.4, -0.2) is 34.9 Å². The Balaban J connectivity index is 1.41. The first-order chi connectivity index (χ1) is 23.2. The lowest BCUT2D eigenvalue weighted by molar-refractivity contribution is 0.276. The number of aryl methyl sites for hydroxylation is 1. The van der Waals surface area contributed by atoms with E-state index in [1.165, 1.54) is 0 Å². The van der Waals surface area contributed by atoms with Crippen molar-refractivity contribution in [2.24, 2.45) is 0 Å².